The smallest absolute Gasteiger partial charge is 0.261 e. The zero-order valence-corrected chi connectivity index (χ0v) is 16.6. The summed E-state index contributed by atoms with van der Waals surface area (Å²) in [5.41, 5.74) is 1.11. The van der Waals surface area contributed by atoms with Crippen molar-refractivity contribution in [1.29, 1.82) is 0 Å². The predicted octanol–water partition coefficient (Wildman–Crippen LogP) is 2.73. The van der Waals surface area contributed by atoms with Gasteiger partial charge in [-0.1, -0.05) is 17.7 Å². The zero-order valence-electron chi connectivity index (χ0n) is 15.8. The van der Waals surface area contributed by atoms with Gasteiger partial charge in [0.05, 0.1) is 31.4 Å². The molecule has 0 atom stereocenters. The molecule has 1 amide bonds. The Morgan fingerprint density at radius 3 is 2.61 bits per heavy atom. The highest BCUT2D eigenvalue weighted by Gasteiger charge is 2.14. The molecule has 0 aliphatic carbocycles. The van der Waals surface area contributed by atoms with Gasteiger partial charge in [0.2, 0.25) is 5.91 Å². The van der Waals surface area contributed by atoms with Gasteiger partial charge in [-0.15, -0.1) is 0 Å². The first-order chi connectivity index (χ1) is 13.4. The molecule has 0 radical (unpaired) electrons. The van der Waals surface area contributed by atoms with E-state index in [9.17, 15) is 9.59 Å². The minimum Gasteiger partial charge on any atom is -0.493 e. The van der Waals surface area contributed by atoms with E-state index in [0.29, 0.717) is 34.0 Å². The standard InChI is InChI=1S/C20H20ClN3O4/c1-23(10-13-4-7-17(27-2)18(8-13)28-3)19(25)11-24-12-22-16-6-5-14(21)9-15(16)20(24)26/h4-9,12H,10-11H2,1-3H3. The summed E-state index contributed by atoms with van der Waals surface area (Å²) >= 11 is 5.97. The lowest BCUT2D eigenvalue weighted by atomic mass is 10.2. The van der Waals surface area contributed by atoms with Gasteiger partial charge < -0.3 is 14.4 Å². The van der Waals surface area contributed by atoms with Crippen molar-refractivity contribution in [3.8, 4) is 11.5 Å². The summed E-state index contributed by atoms with van der Waals surface area (Å²) in [4.78, 5) is 31.0. The van der Waals surface area contributed by atoms with E-state index in [1.165, 1.54) is 15.8 Å². The minimum absolute atomic E-state index is 0.113. The summed E-state index contributed by atoms with van der Waals surface area (Å²) in [6, 6.07) is 10.4. The third kappa shape index (κ3) is 4.09. The van der Waals surface area contributed by atoms with Gasteiger partial charge >= 0.3 is 0 Å². The van der Waals surface area contributed by atoms with E-state index in [1.807, 2.05) is 12.1 Å². The first-order valence-corrected chi connectivity index (χ1v) is 8.90. The van der Waals surface area contributed by atoms with Gasteiger partial charge in [-0.3, -0.25) is 14.2 Å². The van der Waals surface area contributed by atoms with Crippen molar-refractivity contribution in [3.05, 3.63) is 63.7 Å². The highest BCUT2D eigenvalue weighted by molar-refractivity contribution is 6.31. The van der Waals surface area contributed by atoms with Crippen LogP contribution in [-0.4, -0.2) is 41.6 Å². The Bertz CT molecular complexity index is 1080. The Morgan fingerprint density at radius 1 is 1.14 bits per heavy atom. The number of carbonyl (C=O) groups is 1. The Labute approximate surface area is 167 Å². The fraction of sp³-hybridized carbons (Fsp3) is 0.250. The van der Waals surface area contributed by atoms with E-state index in [0.717, 1.165) is 5.56 Å². The van der Waals surface area contributed by atoms with Crippen molar-refractivity contribution in [3.63, 3.8) is 0 Å². The second kappa shape index (κ2) is 8.31. The first kappa shape index (κ1) is 19.7. The van der Waals surface area contributed by atoms with Gasteiger partial charge in [0.15, 0.2) is 11.5 Å². The van der Waals surface area contributed by atoms with E-state index < -0.39 is 0 Å². The summed E-state index contributed by atoms with van der Waals surface area (Å²) in [6.45, 7) is 0.249. The Kier molecular flexibility index (Phi) is 5.84. The third-order valence-corrected chi connectivity index (χ3v) is 4.62. The van der Waals surface area contributed by atoms with E-state index in [2.05, 4.69) is 4.98 Å². The number of fused-ring (bicyclic) bond motifs is 1. The van der Waals surface area contributed by atoms with Gasteiger partial charge in [0.1, 0.15) is 6.54 Å². The van der Waals surface area contributed by atoms with Crippen LogP contribution in [-0.2, 0) is 17.9 Å². The van der Waals surface area contributed by atoms with Crippen LogP contribution in [0.5, 0.6) is 11.5 Å². The average Bonchev–Trinajstić information content (AvgIpc) is 2.70. The predicted molar refractivity (Wildman–Crippen MR) is 107 cm³/mol. The number of halogens is 1. The van der Waals surface area contributed by atoms with Crippen LogP contribution in [0.15, 0.2) is 47.5 Å². The molecule has 3 rings (SSSR count). The molecule has 1 heterocycles. The van der Waals surface area contributed by atoms with Crippen molar-refractivity contribution >= 4 is 28.4 Å². The first-order valence-electron chi connectivity index (χ1n) is 8.52. The molecule has 2 aromatic carbocycles. The number of benzene rings is 2. The van der Waals surface area contributed by atoms with Crippen LogP contribution in [0, 0.1) is 0 Å². The number of aromatic nitrogens is 2. The number of methoxy groups -OCH3 is 2. The molecule has 146 valence electrons. The number of likely N-dealkylation sites (N-methyl/N-ethyl adjacent to an activating group) is 1. The van der Waals surface area contributed by atoms with Crippen LogP contribution in [0.2, 0.25) is 5.02 Å². The molecule has 0 spiro atoms. The van der Waals surface area contributed by atoms with E-state index in [1.54, 1.807) is 45.5 Å². The lowest BCUT2D eigenvalue weighted by Crippen LogP contribution is -2.33. The number of carbonyl (C=O) groups excluding carboxylic acids is 1. The van der Waals surface area contributed by atoms with Crippen LogP contribution in [0.25, 0.3) is 10.9 Å². The SMILES string of the molecule is COc1ccc(CN(C)C(=O)Cn2cnc3ccc(Cl)cc3c2=O)cc1OC. The molecule has 0 aliphatic rings. The molecule has 28 heavy (non-hydrogen) atoms. The topological polar surface area (TPSA) is 73.7 Å². The lowest BCUT2D eigenvalue weighted by Gasteiger charge is -2.19. The fourth-order valence-corrected chi connectivity index (χ4v) is 3.02. The average molecular weight is 402 g/mol. The maximum Gasteiger partial charge on any atom is 0.261 e. The van der Waals surface area contributed by atoms with Crippen LogP contribution >= 0.6 is 11.6 Å². The van der Waals surface area contributed by atoms with Gasteiger partial charge in [-0.05, 0) is 35.9 Å². The number of hydrogen-bond acceptors (Lipinski definition) is 5. The number of amides is 1. The van der Waals surface area contributed by atoms with Crippen LogP contribution in [0.4, 0.5) is 0 Å². The van der Waals surface area contributed by atoms with Crippen molar-refractivity contribution in [2.24, 2.45) is 0 Å². The van der Waals surface area contributed by atoms with Gasteiger partial charge in [0.25, 0.3) is 5.56 Å². The Hall–Kier alpha value is -3.06. The number of hydrogen-bond donors (Lipinski definition) is 0. The largest absolute Gasteiger partial charge is 0.493 e. The second-order valence-electron chi connectivity index (χ2n) is 6.28. The van der Waals surface area contributed by atoms with Crippen molar-refractivity contribution in [2.45, 2.75) is 13.1 Å². The van der Waals surface area contributed by atoms with Gasteiger partial charge in [-0.25, -0.2) is 4.98 Å². The molecule has 0 fully saturated rings. The van der Waals surface area contributed by atoms with E-state index >= 15 is 0 Å². The number of ether oxygens (including phenoxy) is 2. The second-order valence-corrected chi connectivity index (χ2v) is 6.71. The molecule has 3 aromatic rings. The molecule has 0 saturated carbocycles. The van der Waals surface area contributed by atoms with Gasteiger partial charge in [0, 0.05) is 18.6 Å². The number of nitrogens with zero attached hydrogens (tertiary/aromatic N) is 3. The third-order valence-electron chi connectivity index (χ3n) is 4.39. The summed E-state index contributed by atoms with van der Waals surface area (Å²) in [5.74, 6) is 0.986. The maximum atomic E-state index is 12.6. The molecule has 0 aliphatic heterocycles. The van der Waals surface area contributed by atoms with Crippen LogP contribution in [0.3, 0.4) is 0 Å². The summed E-state index contributed by atoms with van der Waals surface area (Å²) < 4.78 is 11.8. The van der Waals surface area contributed by atoms with Crippen molar-refractivity contribution in [2.75, 3.05) is 21.3 Å². The maximum absolute atomic E-state index is 12.6. The van der Waals surface area contributed by atoms with E-state index in [4.69, 9.17) is 21.1 Å². The van der Waals surface area contributed by atoms with Crippen LogP contribution < -0.4 is 15.0 Å². The Balaban J connectivity index is 1.77. The zero-order chi connectivity index (χ0) is 20.3. The number of rotatable bonds is 6. The molecule has 1 aromatic heterocycles. The normalized spacial score (nSPS) is 10.7. The van der Waals surface area contributed by atoms with Gasteiger partial charge in [-0.2, -0.15) is 0 Å². The van der Waals surface area contributed by atoms with E-state index in [-0.39, 0.29) is 18.0 Å². The Morgan fingerprint density at radius 2 is 1.89 bits per heavy atom. The molecule has 7 nitrogen and oxygen atoms in total. The van der Waals surface area contributed by atoms with Crippen LogP contribution in [0.1, 0.15) is 5.56 Å². The molecule has 0 N–H and O–H groups in total. The quantitative estimate of drug-likeness (QED) is 0.635. The fourth-order valence-electron chi connectivity index (χ4n) is 2.85. The lowest BCUT2D eigenvalue weighted by molar-refractivity contribution is -0.131. The molecule has 0 saturated heterocycles. The molecule has 8 heteroatoms. The summed E-state index contributed by atoms with van der Waals surface area (Å²) in [6.07, 6.45) is 1.38. The molecular formula is C20H20ClN3O4. The minimum atomic E-state index is -0.305. The van der Waals surface area contributed by atoms with Crippen molar-refractivity contribution in [1.82, 2.24) is 14.5 Å². The molecule has 0 unspecified atom stereocenters. The summed E-state index contributed by atoms with van der Waals surface area (Å²) in [7, 11) is 4.80. The molecule has 0 bridgehead atoms. The highest BCUT2D eigenvalue weighted by Crippen LogP contribution is 2.27. The summed E-state index contributed by atoms with van der Waals surface area (Å²) in [5, 5.41) is 0.825. The van der Waals surface area contributed by atoms with Crippen molar-refractivity contribution < 1.29 is 14.3 Å². The monoisotopic (exact) mass is 401 g/mol. The highest BCUT2D eigenvalue weighted by atomic mass is 35.5. The molecular weight excluding hydrogens is 382 g/mol.